The van der Waals surface area contributed by atoms with E-state index in [9.17, 15) is 9.59 Å². The molecule has 0 unspecified atom stereocenters. The monoisotopic (exact) mass is 460 g/mol. The van der Waals surface area contributed by atoms with Crippen molar-refractivity contribution in [2.24, 2.45) is 0 Å². The summed E-state index contributed by atoms with van der Waals surface area (Å²) in [4.78, 5) is 24.3. The van der Waals surface area contributed by atoms with Gasteiger partial charge in [0.15, 0.2) is 12.4 Å². The molecule has 0 radical (unpaired) electrons. The molecule has 0 atom stereocenters. The summed E-state index contributed by atoms with van der Waals surface area (Å²) in [6, 6.07) is 21.5. The van der Waals surface area contributed by atoms with E-state index in [1.54, 1.807) is 42.7 Å². The molecule has 174 valence electrons. The van der Waals surface area contributed by atoms with Crippen molar-refractivity contribution in [3.8, 4) is 5.75 Å². The van der Waals surface area contributed by atoms with Crippen molar-refractivity contribution in [3.05, 3.63) is 108 Å². The predicted octanol–water partition coefficient (Wildman–Crippen LogP) is 4.54. The SMILES string of the molecule is O=C(COc1cccc(NC(=O)c2ccco2)c1)NCc1cccc(COCc2ccco2)c1. The second-order valence-electron chi connectivity index (χ2n) is 7.42. The van der Waals surface area contributed by atoms with Crippen LogP contribution in [0.4, 0.5) is 5.69 Å². The lowest BCUT2D eigenvalue weighted by atomic mass is 10.1. The first-order valence-electron chi connectivity index (χ1n) is 10.7. The molecule has 34 heavy (non-hydrogen) atoms. The van der Waals surface area contributed by atoms with E-state index in [0.717, 1.165) is 16.9 Å². The van der Waals surface area contributed by atoms with Gasteiger partial charge in [-0.25, -0.2) is 0 Å². The van der Waals surface area contributed by atoms with Crippen LogP contribution in [0.15, 0.2) is 94.2 Å². The maximum absolute atomic E-state index is 12.2. The van der Waals surface area contributed by atoms with Crippen LogP contribution in [-0.4, -0.2) is 18.4 Å². The summed E-state index contributed by atoms with van der Waals surface area (Å²) in [5, 5.41) is 5.56. The molecule has 0 spiro atoms. The molecule has 0 aliphatic carbocycles. The average molecular weight is 460 g/mol. The Kier molecular flexibility index (Phi) is 7.76. The molecule has 4 rings (SSSR count). The zero-order valence-corrected chi connectivity index (χ0v) is 18.4. The number of rotatable bonds is 11. The topological polar surface area (TPSA) is 103 Å². The fourth-order valence-electron chi connectivity index (χ4n) is 3.16. The standard InChI is InChI=1S/C26H24N2O6/c29-25(18-34-22-8-2-7-21(14-22)28-26(30)24-10-4-12-33-24)27-15-19-5-1-6-20(13-19)16-31-17-23-9-3-11-32-23/h1-14H,15-18H2,(H,27,29)(H,28,30). The summed E-state index contributed by atoms with van der Waals surface area (Å²) in [7, 11) is 0. The number of carbonyl (C=O) groups excluding carboxylic acids is 2. The number of hydrogen-bond acceptors (Lipinski definition) is 6. The van der Waals surface area contributed by atoms with Gasteiger partial charge in [-0.05, 0) is 47.5 Å². The molecule has 0 saturated carbocycles. The van der Waals surface area contributed by atoms with Gasteiger partial charge in [0.25, 0.3) is 11.8 Å². The van der Waals surface area contributed by atoms with Gasteiger partial charge in [-0.1, -0.05) is 30.3 Å². The highest BCUT2D eigenvalue weighted by molar-refractivity contribution is 6.02. The molecular formula is C26H24N2O6. The molecule has 4 aromatic rings. The van der Waals surface area contributed by atoms with E-state index in [0.29, 0.717) is 31.2 Å². The smallest absolute Gasteiger partial charge is 0.291 e. The first kappa shape index (κ1) is 22.9. The minimum Gasteiger partial charge on any atom is -0.484 e. The van der Waals surface area contributed by atoms with E-state index in [1.165, 1.54) is 6.26 Å². The largest absolute Gasteiger partial charge is 0.484 e. The third-order valence-electron chi connectivity index (χ3n) is 4.78. The van der Waals surface area contributed by atoms with Crippen LogP contribution in [0.2, 0.25) is 0 Å². The third kappa shape index (κ3) is 6.85. The molecule has 0 bridgehead atoms. The van der Waals surface area contributed by atoms with E-state index < -0.39 is 0 Å². The minimum atomic E-state index is -0.367. The molecule has 0 aliphatic heterocycles. The third-order valence-corrected chi connectivity index (χ3v) is 4.78. The van der Waals surface area contributed by atoms with Gasteiger partial charge in [0.2, 0.25) is 0 Å². The predicted molar refractivity (Wildman–Crippen MR) is 124 cm³/mol. The Bertz CT molecular complexity index is 1200. The van der Waals surface area contributed by atoms with Crippen LogP contribution in [0.5, 0.6) is 5.75 Å². The second-order valence-corrected chi connectivity index (χ2v) is 7.42. The van der Waals surface area contributed by atoms with Crippen molar-refractivity contribution < 1.29 is 27.9 Å². The van der Waals surface area contributed by atoms with Crippen LogP contribution in [0.3, 0.4) is 0 Å². The van der Waals surface area contributed by atoms with Crippen LogP contribution in [0.25, 0.3) is 0 Å². The number of nitrogens with one attached hydrogen (secondary N) is 2. The van der Waals surface area contributed by atoms with Crippen molar-refractivity contribution in [2.45, 2.75) is 19.8 Å². The maximum Gasteiger partial charge on any atom is 0.291 e. The number of anilines is 1. The number of carbonyl (C=O) groups is 2. The fourth-order valence-corrected chi connectivity index (χ4v) is 3.16. The second kappa shape index (κ2) is 11.5. The van der Waals surface area contributed by atoms with Crippen molar-refractivity contribution >= 4 is 17.5 Å². The molecule has 2 amide bonds. The highest BCUT2D eigenvalue weighted by atomic mass is 16.5. The van der Waals surface area contributed by atoms with Crippen molar-refractivity contribution in [1.29, 1.82) is 0 Å². The van der Waals surface area contributed by atoms with Crippen LogP contribution < -0.4 is 15.4 Å². The van der Waals surface area contributed by atoms with E-state index in [-0.39, 0.29) is 24.2 Å². The van der Waals surface area contributed by atoms with E-state index in [1.807, 2.05) is 36.4 Å². The van der Waals surface area contributed by atoms with Crippen molar-refractivity contribution in [1.82, 2.24) is 5.32 Å². The number of furan rings is 2. The van der Waals surface area contributed by atoms with E-state index in [4.69, 9.17) is 18.3 Å². The van der Waals surface area contributed by atoms with Gasteiger partial charge in [-0.15, -0.1) is 0 Å². The van der Waals surface area contributed by atoms with E-state index >= 15 is 0 Å². The van der Waals surface area contributed by atoms with Crippen molar-refractivity contribution in [2.75, 3.05) is 11.9 Å². The van der Waals surface area contributed by atoms with Gasteiger partial charge < -0.3 is 28.9 Å². The molecule has 8 nitrogen and oxygen atoms in total. The quantitative estimate of drug-likeness (QED) is 0.341. The van der Waals surface area contributed by atoms with Gasteiger partial charge in [-0.3, -0.25) is 9.59 Å². The van der Waals surface area contributed by atoms with Gasteiger partial charge in [0.1, 0.15) is 18.1 Å². The van der Waals surface area contributed by atoms with Crippen molar-refractivity contribution in [3.63, 3.8) is 0 Å². The van der Waals surface area contributed by atoms with Crippen LogP contribution >= 0.6 is 0 Å². The zero-order chi connectivity index (χ0) is 23.6. The van der Waals surface area contributed by atoms with E-state index in [2.05, 4.69) is 10.6 Å². The molecule has 0 aliphatic rings. The molecule has 2 N–H and O–H groups in total. The minimum absolute atomic E-state index is 0.151. The Morgan fingerprint density at radius 3 is 2.47 bits per heavy atom. The molecule has 8 heteroatoms. The highest BCUT2D eigenvalue weighted by Crippen LogP contribution is 2.18. The molecule has 2 aromatic carbocycles. The molecular weight excluding hydrogens is 436 g/mol. The Morgan fingerprint density at radius 1 is 0.824 bits per heavy atom. The average Bonchev–Trinajstić information content (AvgIpc) is 3.57. The summed E-state index contributed by atoms with van der Waals surface area (Å²) in [5.74, 6) is 0.814. The Morgan fingerprint density at radius 2 is 1.65 bits per heavy atom. The van der Waals surface area contributed by atoms with Crippen LogP contribution in [0, 0.1) is 0 Å². The molecule has 2 heterocycles. The fraction of sp³-hybridized carbons (Fsp3) is 0.154. The Hall–Kier alpha value is -4.30. The number of benzene rings is 2. The lowest BCUT2D eigenvalue weighted by Crippen LogP contribution is -2.28. The lowest BCUT2D eigenvalue weighted by Gasteiger charge is -2.10. The van der Waals surface area contributed by atoms with Gasteiger partial charge >= 0.3 is 0 Å². The summed E-state index contributed by atoms with van der Waals surface area (Å²) in [6.07, 6.45) is 3.04. The first-order chi connectivity index (χ1) is 16.7. The summed E-state index contributed by atoms with van der Waals surface area (Å²) >= 11 is 0. The molecule has 2 aromatic heterocycles. The number of amides is 2. The summed E-state index contributed by atoms with van der Waals surface area (Å²) in [5.41, 5.74) is 2.49. The van der Waals surface area contributed by atoms with Gasteiger partial charge in [0.05, 0.1) is 19.1 Å². The summed E-state index contributed by atoms with van der Waals surface area (Å²) in [6.45, 7) is 1.06. The van der Waals surface area contributed by atoms with Crippen LogP contribution in [0.1, 0.15) is 27.4 Å². The van der Waals surface area contributed by atoms with Gasteiger partial charge in [-0.2, -0.15) is 0 Å². The molecule has 0 fully saturated rings. The number of hydrogen-bond donors (Lipinski definition) is 2. The highest BCUT2D eigenvalue weighted by Gasteiger charge is 2.10. The number of ether oxygens (including phenoxy) is 2. The zero-order valence-electron chi connectivity index (χ0n) is 18.4. The normalized spacial score (nSPS) is 10.6. The summed E-state index contributed by atoms with van der Waals surface area (Å²) < 4.78 is 21.5. The Balaban J connectivity index is 1.20. The maximum atomic E-state index is 12.2. The lowest BCUT2D eigenvalue weighted by molar-refractivity contribution is -0.123. The Labute approximate surface area is 196 Å². The van der Waals surface area contributed by atoms with Crippen LogP contribution in [-0.2, 0) is 29.3 Å². The molecule has 0 saturated heterocycles. The van der Waals surface area contributed by atoms with Gasteiger partial charge in [0, 0.05) is 18.3 Å². The first-order valence-corrected chi connectivity index (χ1v) is 10.7.